The zero-order valence-corrected chi connectivity index (χ0v) is 39.8. The first kappa shape index (κ1) is 40.2. The minimum Gasteiger partial charge on any atom is -0.295 e. The maximum Gasteiger partial charge on any atom is 0.147 e. The van der Waals surface area contributed by atoms with Gasteiger partial charge in [-0.1, -0.05) is 117 Å². The van der Waals surface area contributed by atoms with Crippen LogP contribution in [0.2, 0.25) is 0 Å². The summed E-state index contributed by atoms with van der Waals surface area (Å²) >= 11 is 0. The minimum atomic E-state index is -0.124. The molecule has 0 fully saturated rings. The SMILES string of the molecule is CCC(C)(C)CC(C)(C)c1cc(-c2cc(C(C)(C)C)cc3c2nc2c4cccnc4c4c(n32)C(C)(C)CC4(C)C)c2nc3c4cccnc4c4c(n3c2c1)C(C)(C)CC4(C)C. The van der Waals surface area contributed by atoms with Crippen molar-refractivity contribution in [2.75, 3.05) is 0 Å². The maximum absolute atomic E-state index is 5.81. The van der Waals surface area contributed by atoms with Gasteiger partial charge >= 0.3 is 0 Å². The second-order valence-corrected chi connectivity index (χ2v) is 24.3. The van der Waals surface area contributed by atoms with E-state index in [1.807, 2.05) is 12.4 Å². The molecule has 0 N–H and O–H groups in total. The summed E-state index contributed by atoms with van der Waals surface area (Å²) in [5.74, 6) is 0. The molecule has 6 aromatic heterocycles. The van der Waals surface area contributed by atoms with E-state index in [2.05, 4.69) is 168 Å². The monoisotopic (exact) mass is 811 g/mol. The van der Waals surface area contributed by atoms with Crippen molar-refractivity contribution in [2.24, 2.45) is 5.41 Å². The Morgan fingerprint density at radius 1 is 0.557 bits per heavy atom. The third-order valence-corrected chi connectivity index (χ3v) is 15.2. The molecule has 0 amide bonds. The highest BCUT2D eigenvalue weighted by molar-refractivity contribution is 6.09. The molecule has 316 valence electrons. The quantitative estimate of drug-likeness (QED) is 0.174. The molecule has 0 unspecified atom stereocenters. The summed E-state index contributed by atoms with van der Waals surface area (Å²) in [6.07, 6.45) is 8.17. The van der Waals surface area contributed by atoms with Crippen LogP contribution in [0.5, 0.6) is 0 Å². The number of imidazole rings is 2. The first-order chi connectivity index (χ1) is 28.3. The molecule has 0 radical (unpaired) electrons. The summed E-state index contributed by atoms with van der Waals surface area (Å²) in [6, 6.07) is 18.5. The molecule has 10 rings (SSSR count). The number of hydrogen-bond acceptors (Lipinski definition) is 4. The molecule has 0 atom stereocenters. The van der Waals surface area contributed by atoms with Crippen molar-refractivity contribution in [1.82, 2.24) is 28.7 Å². The van der Waals surface area contributed by atoms with Gasteiger partial charge in [0, 0.05) is 67.6 Å². The molecule has 2 aliphatic rings. The Kier molecular flexibility index (Phi) is 8.05. The van der Waals surface area contributed by atoms with E-state index in [9.17, 15) is 0 Å². The third-order valence-electron chi connectivity index (χ3n) is 15.2. The van der Waals surface area contributed by atoms with Crippen LogP contribution in [-0.2, 0) is 32.5 Å². The lowest BCUT2D eigenvalue weighted by Gasteiger charge is -2.35. The number of aromatic nitrogens is 6. The summed E-state index contributed by atoms with van der Waals surface area (Å²) in [5, 5.41) is 2.23. The Morgan fingerprint density at radius 2 is 0.984 bits per heavy atom. The van der Waals surface area contributed by atoms with Gasteiger partial charge in [0.15, 0.2) is 0 Å². The van der Waals surface area contributed by atoms with Crippen LogP contribution in [0, 0.1) is 5.41 Å². The van der Waals surface area contributed by atoms with E-state index in [0.717, 1.165) is 86.5 Å². The first-order valence-electron chi connectivity index (χ1n) is 22.9. The van der Waals surface area contributed by atoms with Gasteiger partial charge in [-0.3, -0.25) is 18.8 Å². The van der Waals surface area contributed by atoms with Crippen LogP contribution in [0.25, 0.3) is 66.3 Å². The Labute approximate surface area is 362 Å². The molecule has 2 aromatic carbocycles. The molecular weight excluding hydrogens is 745 g/mol. The molecule has 0 saturated heterocycles. The van der Waals surface area contributed by atoms with Gasteiger partial charge in [0.1, 0.15) is 11.3 Å². The highest BCUT2D eigenvalue weighted by Crippen LogP contribution is 2.55. The summed E-state index contributed by atoms with van der Waals surface area (Å²) in [6.45, 7) is 38.4. The molecule has 6 heteroatoms. The van der Waals surface area contributed by atoms with Crippen LogP contribution in [0.4, 0.5) is 0 Å². The second-order valence-electron chi connectivity index (χ2n) is 24.3. The van der Waals surface area contributed by atoms with E-state index < -0.39 is 0 Å². The van der Waals surface area contributed by atoms with Crippen molar-refractivity contribution in [3.63, 3.8) is 0 Å². The normalized spacial score (nSPS) is 18.4. The molecule has 61 heavy (non-hydrogen) atoms. The molecule has 0 bridgehead atoms. The number of pyridine rings is 4. The molecular formula is C55H66N6. The Balaban J connectivity index is 1.43. The fraction of sp³-hybridized carbons (Fsp3) is 0.491. The van der Waals surface area contributed by atoms with Gasteiger partial charge in [0.25, 0.3) is 0 Å². The van der Waals surface area contributed by atoms with E-state index >= 15 is 0 Å². The Hall–Kier alpha value is -4.84. The summed E-state index contributed by atoms with van der Waals surface area (Å²) in [5.41, 5.74) is 18.5. The predicted octanol–water partition coefficient (Wildman–Crippen LogP) is 14.4. The lowest BCUT2D eigenvalue weighted by Crippen LogP contribution is -2.26. The van der Waals surface area contributed by atoms with Gasteiger partial charge in [-0.2, -0.15) is 0 Å². The van der Waals surface area contributed by atoms with Gasteiger partial charge in [-0.05, 0) is 106 Å². The van der Waals surface area contributed by atoms with E-state index in [1.54, 1.807) is 0 Å². The first-order valence-corrected chi connectivity index (χ1v) is 22.9. The van der Waals surface area contributed by atoms with E-state index in [0.29, 0.717) is 0 Å². The number of rotatable bonds is 5. The van der Waals surface area contributed by atoms with E-state index in [1.165, 1.54) is 39.2 Å². The molecule has 0 aliphatic heterocycles. The molecule has 2 aliphatic carbocycles. The highest BCUT2D eigenvalue weighted by atomic mass is 15.1. The van der Waals surface area contributed by atoms with Crippen molar-refractivity contribution in [3.05, 3.63) is 94.6 Å². The van der Waals surface area contributed by atoms with Crippen LogP contribution >= 0.6 is 0 Å². The fourth-order valence-corrected chi connectivity index (χ4v) is 13.0. The highest BCUT2D eigenvalue weighted by Gasteiger charge is 2.48. The van der Waals surface area contributed by atoms with Crippen LogP contribution in [-0.4, -0.2) is 28.7 Å². The third kappa shape index (κ3) is 5.65. The smallest absolute Gasteiger partial charge is 0.147 e. The van der Waals surface area contributed by atoms with Crippen molar-refractivity contribution >= 4 is 55.2 Å². The average Bonchev–Trinajstić information content (AvgIpc) is 3.84. The zero-order chi connectivity index (χ0) is 43.8. The molecule has 0 saturated carbocycles. The Bertz CT molecular complexity index is 3190. The lowest BCUT2D eigenvalue weighted by atomic mass is 9.70. The van der Waals surface area contributed by atoms with Crippen molar-refractivity contribution in [1.29, 1.82) is 0 Å². The maximum atomic E-state index is 5.81. The van der Waals surface area contributed by atoms with Crippen molar-refractivity contribution in [3.8, 4) is 11.1 Å². The largest absolute Gasteiger partial charge is 0.295 e. The van der Waals surface area contributed by atoms with Gasteiger partial charge in [-0.15, -0.1) is 0 Å². The average molecular weight is 811 g/mol. The van der Waals surface area contributed by atoms with E-state index in [-0.39, 0.29) is 37.9 Å². The molecule has 0 spiro atoms. The molecule has 6 heterocycles. The predicted molar refractivity (Wildman–Crippen MR) is 257 cm³/mol. The number of hydrogen-bond donors (Lipinski definition) is 0. The zero-order valence-electron chi connectivity index (χ0n) is 39.8. The van der Waals surface area contributed by atoms with Crippen LogP contribution < -0.4 is 0 Å². The summed E-state index contributed by atoms with van der Waals surface area (Å²) < 4.78 is 5.10. The van der Waals surface area contributed by atoms with Gasteiger partial charge < -0.3 is 0 Å². The number of nitrogens with zero attached hydrogens (tertiary/aromatic N) is 6. The standard InChI is InChI=1S/C55H66N6/c1-17-50(5,6)28-51(7,8)32-25-36(42-38(27-32)61-46-40(53(11,12)30-55(46,15)16)44-34(48(61)59-42)21-19-23-57-44)35-24-31(49(2,3)4)26-37-41(35)58-47-33-20-18-22-56-43(33)39-45(60(37)47)54(13,14)29-52(39,9)10/h18-27H,17,28-30H2,1-16H3. The van der Waals surface area contributed by atoms with Crippen molar-refractivity contribution < 1.29 is 0 Å². The minimum absolute atomic E-state index is 0.0458. The van der Waals surface area contributed by atoms with Gasteiger partial charge in [-0.25, -0.2) is 9.97 Å². The number of benzene rings is 2. The van der Waals surface area contributed by atoms with Gasteiger partial charge in [0.2, 0.25) is 0 Å². The van der Waals surface area contributed by atoms with E-state index in [4.69, 9.17) is 19.9 Å². The summed E-state index contributed by atoms with van der Waals surface area (Å²) in [4.78, 5) is 21.8. The topological polar surface area (TPSA) is 60.4 Å². The fourth-order valence-electron chi connectivity index (χ4n) is 13.0. The van der Waals surface area contributed by atoms with Crippen LogP contribution in [0.3, 0.4) is 0 Å². The molecule has 8 aromatic rings. The molecule has 6 nitrogen and oxygen atoms in total. The number of fused-ring (bicyclic) bond motifs is 16. The van der Waals surface area contributed by atoms with Crippen LogP contribution in [0.1, 0.15) is 170 Å². The summed E-state index contributed by atoms with van der Waals surface area (Å²) in [7, 11) is 0. The Morgan fingerprint density at radius 3 is 1.41 bits per heavy atom. The van der Waals surface area contributed by atoms with Gasteiger partial charge in [0.05, 0.1) is 33.1 Å². The second kappa shape index (κ2) is 12.2. The van der Waals surface area contributed by atoms with Crippen LogP contribution in [0.15, 0.2) is 60.9 Å². The lowest BCUT2D eigenvalue weighted by molar-refractivity contribution is 0.248. The van der Waals surface area contributed by atoms with Crippen molar-refractivity contribution in [2.45, 2.75) is 169 Å².